The summed E-state index contributed by atoms with van der Waals surface area (Å²) in [6.45, 7) is 1.40. The molecule has 1 N–H and O–H groups in total. The number of rotatable bonds is 3. The van der Waals surface area contributed by atoms with Gasteiger partial charge in [0.15, 0.2) is 5.78 Å². The Morgan fingerprint density at radius 3 is 2.33 bits per heavy atom. The van der Waals surface area contributed by atoms with Crippen molar-refractivity contribution in [1.82, 2.24) is 0 Å². The van der Waals surface area contributed by atoms with Crippen LogP contribution in [0.3, 0.4) is 0 Å². The van der Waals surface area contributed by atoms with E-state index in [0.29, 0.717) is 5.69 Å². The third-order valence-corrected chi connectivity index (χ3v) is 2.40. The van der Waals surface area contributed by atoms with Crippen LogP contribution in [0.4, 0.5) is 11.4 Å². The van der Waals surface area contributed by atoms with Crippen LogP contribution in [-0.2, 0) is 0 Å². The van der Waals surface area contributed by atoms with Crippen LogP contribution in [0.2, 0.25) is 0 Å². The normalized spacial score (nSPS) is 10.7. The molecule has 0 fully saturated rings. The van der Waals surface area contributed by atoms with Crippen molar-refractivity contribution < 1.29 is 9.90 Å². The molecule has 90 valence electrons. The van der Waals surface area contributed by atoms with Gasteiger partial charge in [-0.05, 0) is 37.3 Å². The first-order valence-electron chi connectivity index (χ1n) is 5.47. The first kappa shape index (κ1) is 12.0. The second-order valence-electron chi connectivity index (χ2n) is 3.79. The number of Topliss-reactive ketones (excluding diaryl/α,β-unsaturated/α-hetero) is 1. The lowest BCUT2D eigenvalue weighted by atomic mass is 10.1. The van der Waals surface area contributed by atoms with E-state index in [9.17, 15) is 9.90 Å². The highest BCUT2D eigenvalue weighted by atomic mass is 16.3. The monoisotopic (exact) mass is 240 g/mol. The fraction of sp³-hybridized carbons (Fsp3) is 0.0714. The van der Waals surface area contributed by atoms with E-state index in [1.54, 1.807) is 6.07 Å². The van der Waals surface area contributed by atoms with Crippen molar-refractivity contribution in [1.29, 1.82) is 0 Å². The standard InChI is InChI=1S/C14H12N2O2/c1-10(17)13-9-12(7-8-14(13)18)16-15-11-5-3-2-4-6-11/h2-9,18H,1H3. The molecule has 0 aliphatic rings. The van der Waals surface area contributed by atoms with Gasteiger partial charge in [0.1, 0.15) is 5.75 Å². The summed E-state index contributed by atoms with van der Waals surface area (Å²) in [5.74, 6) is -0.245. The molecule has 18 heavy (non-hydrogen) atoms. The molecule has 0 aliphatic carbocycles. The molecule has 0 unspecified atom stereocenters. The Hall–Kier alpha value is -2.49. The lowest BCUT2D eigenvalue weighted by molar-refractivity contribution is 0.101. The van der Waals surface area contributed by atoms with E-state index in [1.807, 2.05) is 30.3 Å². The average Bonchev–Trinajstić information content (AvgIpc) is 2.38. The summed E-state index contributed by atoms with van der Waals surface area (Å²) < 4.78 is 0. The van der Waals surface area contributed by atoms with E-state index in [0.717, 1.165) is 5.69 Å². The van der Waals surface area contributed by atoms with E-state index in [1.165, 1.54) is 19.1 Å². The molecule has 4 nitrogen and oxygen atoms in total. The zero-order valence-electron chi connectivity index (χ0n) is 9.87. The molecular weight excluding hydrogens is 228 g/mol. The number of benzene rings is 2. The number of azo groups is 1. The Morgan fingerprint density at radius 2 is 1.67 bits per heavy atom. The second-order valence-corrected chi connectivity index (χ2v) is 3.79. The van der Waals surface area contributed by atoms with Gasteiger partial charge in [0.05, 0.1) is 16.9 Å². The highest BCUT2D eigenvalue weighted by Crippen LogP contribution is 2.25. The highest BCUT2D eigenvalue weighted by molar-refractivity contribution is 5.97. The molecule has 0 saturated heterocycles. The van der Waals surface area contributed by atoms with E-state index < -0.39 is 0 Å². The number of nitrogens with zero attached hydrogens (tertiary/aromatic N) is 2. The molecule has 2 rings (SSSR count). The van der Waals surface area contributed by atoms with Crippen LogP contribution in [0, 0.1) is 0 Å². The third kappa shape index (κ3) is 2.79. The van der Waals surface area contributed by atoms with Gasteiger partial charge < -0.3 is 5.11 Å². The Bertz CT molecular complexity index is 592. The predicted octanol–water partition coefficient (Wildman–Crippen LogP) is 4.01. The van der Waals surface area contributed by atoms with Crippen LogP contribution in [0.15, 0.2) is 58.8 Å². The predicted molar refractivity (Wildman–Crippen MR) is 68.7 cm³/mol. The van der Waals surface area contributed by atoms with Crippen molar-refractivity contribution in [3.8, 4) is 5.75 Å². The number of carbonyl (C=O) groups is 1. The van der Waals surface area contributed by atoms with Crippen LogP contribution in [-0.4, -0.2) is 10.9 Å². The number of aromatic hydroxyl groups is 1. The first-order valence-corrected chi connectivity index (χ1v) is 5.47. The summed E-state index contributed by atoms with van der Waals surface area (Å²) in [7, 11) is 0. The quantitative estimate of drug-likeness (QED) is 0.650. The van der Waals surface area contributed by atoms with Crippen molar-refractivity contribution in [3.05, 3.63) is 54.1 Å². The topological polar surface area (TPSA) is 62.0 Å². The van der Waals surface area contributed by atoms with Gasteiger partial charge in [-0.1, -0.05) is 18.2 Å². The Labute approximate surface area is 105 Å². The van der Waals surface area contributed by atoms with Crippen LogP contribution < -0.4 is 0 Å². The molecule has 4 heteroatoms. The van der Waals surface area contributed by atoms with Gasteiger partial charge in [-0.3, -0.25) is 4.79 Å². The number of carbonyl (C=O) groups excluding carboxylic acids is 1. The van der Waals surface area contributed by atoms with E-state index in [2.05, 4.69) is 10.2 Å². The maximum Gasteiger partial charge on any atom is 0.163 e. The van der Waals surface area contributed by atoms with E-state index >= 15 is 0 Å². The van der Waals surface area contributed by atoms with E-state index in [4.69, 9.17) is 0 Å². The number of phenolic OH excluding ortho intramolecular Hbond substituents is 1. The average molecular weight is 240 g/mol. The van der Waals surface area contributed by atoms with Crippen molar-refractivity contribution in [2.75, 3.05) is 0 Å². The van der Waals surface area contributed by atoms with Crippen molar-refractivity contribution in [3.63, 3.8) is 0 Å². The summed E-state index contributed by atoms with van der Waals surface area (Å²) >= 11 is 0. The minimum Gasteiger partial charge on any atom is -0.507 e. The zero-order chi connectivity index (χ0) is 13.0. The van der Waals surface area contributed by atoms with Crippen LogP contribution >= 0.6 is 0 Å². The SMILES string of the molecule is CC(=O)c1cc(N=Nc2ccccc2)ccc1O. The first-order chi connectivity index (χ1) is 8.66. The molecule has 0 radical (unpaired) electrons. The molecule has 0 spiro atoms. The van der Waals surface area contributed by atoms with Crippen LogP contribution in [0.5, 0.6) is 5.75 Å². The molecule has 0 heterocycles. The van der Waals surface area contributed by atoms with Gasteiger partial charge in [-0.2, -0.15) is 10.2 Å². The maximum absolute atomic E-state index is 11.3. The lowest BCUT2D eigenvalue weighted by Gasteiger charge is -2.00. The fourth-order valence-electron chi connectivity index (χ4n) is 1.48. The molecule has 0 amide bonds. The Balaban J connectivity index is 2.28. The molecule has 2 aromatic carbocycles. The molecule has 2 aromatic rings. The number of hydrogen-bond acceptors (Lipinski definition) is 4. The van der Waals surface area contributed by atoms with Gasteiger partial charge in [0, 0.05) is 0 Å². The van der Waals surface area contributed by atoms with E-state index in [-0.39, 0.29) is 17.1 Å². The summed E-state index contributed by atoms with van der Waals surface area (Å²) in [4.78, 5) is 11.3. The van der Waals surface area contributed by atoms with Crippen molar-refractivity contribution in [2.45, 2.75) is 6.92 Å². The molecule has 0 aromatic heterocycles. The van der Waals surface area contributed by atoms with Gasteiger partial charge in [-0.25, -0.2) is 0 Å². The van der Waals surface area contributed by atoms with Gasteiger partial charge in [0.25, 0.3) is 0 Å². The largest absolute Gasteiger partial charge is 0.507 e. The maximum atomic E-state index is 11.3. The van der Waals surface area contributed by atoms with Crippen molar-refractivity contribution in [2.24, 2.45) is 10.2 Å². The lowest BCUT2D eigenvalue weighted by Crippen LogP contribution is -1.91. The Morgan fingerprint density at radius 1 is 1.00 bits per heavy atom. The molecule has 0 aliphatic heterocycles. The molecular formula is C14H12N2O2. The van der Waals surface area contributed by atoms with Gasteiger partial charge >= 0.3 is 0 Å². The molecule has 0 saturated carbocycles. The summed E-state index contributed by atoms with van der Waals surface area (Å²) in [5, 5.41) is 17.6. The Kier molecular flexibility index (Phi) is 3.48. The summed E-state index contributed by atoms with van der Waals surface area (Å²) in [5.41, 5.74) is 1.51. The summed E-state index contributed by atoms with van der Waals surface area (Å²) in [6, 6.07) is 13.9. The van der Waals surface area contributed by atoms with Gasteiger partial charge in [0.2, 0.25) is 0 Å². The molecule has 0 atom stereocenters. The second kappa shape index (κ2) is 5.23. The third-order valence-electron chi connectivity index (χ3n) is 2.40. The highest BCUT2D eigenvalue weighted by Gasteiger charge is 2.06. The summed E-state index contributed by atoms with van der Waals surface area (Å²) in [6.07, 6.45) is 0. The molecule has 0 bridgehead atoms. The minimum absolute atomic E-state index is 0.0406. The fourth-order valence-corrected chi connectivity index (χ4v) is 1.48. The van der Waals surface area contributed by atoms with Gasteiger partial charge in [-0.15, -0.1) is 0 Å². The minimum atomic E-state index is -0.204. The van der Waals surface area contributed by atoms with Crippen LogP contribution in [0.1, 0.15) is 17.3 Å². The number of ketones is 1. The zero-order valence-corrected chi connectivity index (χ0v) is 9.87. The smallest absolute Gasteiger partial charge is 0.163 e. The number of phenols is 1. The van der Waals surface area contributed by atoms with Crippen molar-refractivity contribution >= 4 is 17.2 Å². The number of hydrogen-bond donors (Lipinski definition) is 1. The van der Waals surface area contributed by atoms with Crippen LogP contribution in [0.25, 0.3) is 0 Å².